The van der Waals surface area contributed by atoms with Crippen molar-refractivity contribution in [1.29, 1.82) is 0 Å². The van der Waals surface area contributed by atoms with Crippen LogP contribution in [-0.4, -0.2) is 40.8 Å². The van der Waals surface area contributed by atoms with Crippen molar-refractivity contribution in [3.63, 3.8) is 0 Å². The second-order valence-corrected chi connectivity index (χ2v) is 6.59. The molecule has 3 rings (SSSR count). The molecule has 2 amide bonds. The zero-order valence-electron chi connectivity index (χ0n) is 15.0. The first kappa shape index (κ1) is 19.0. The average molecular weight is 377 g/mol. The second-order valence-electron chi connectivity index (χ2n) is 6.59. The van der Waals surface area contributed by atoms with Gasteiger partial charge in [-0.3, -0.25) is 9.59 Å². The molecule has 1 fully saturated rings. The summed E-state index contributed by atoms with van der Waals surface area (Å²) < 4.78 is 32.2. The highest BCUT2D eigenvalue weighted by Crippen LogP contribution is 2.24. The predicted molar refractivity (Wildman–Crippen MR) is 93.6 cm³/mol. The fourth-order valence-electron chi connectivity index (χ4n) is 3.10. The van der Waals surface area contributed by atoms with Crippen molar-refractivity contribution in [3.05, 3.63) is 41.9 Å². The van der Waals surface area contributed by atoms with E-state index in [0.717, 1.165) is 25.0 Å². The summed E-state index contributed by atoms with van der Waals surface area (Å²) in [6.45, 7) is 2.83. The van der Waals surface area contributed by atoms with E-state index in [1.165, 1.54) is 12.3 Å². The van der Waals surface area contributed by atoms with Crippen molar-refractivity contribution in [2.45, 2.75) is 38.6 Å². The number of aryl methyl sites for hydroxylation is 1. The zero-order valence-corrected chi connectivity index (χ0v) is 15.0. The number of rotatable bonds is 5. The minimum atomic E-state index is -0.729. The molecule has 0 aliphatic carbocycles. The van der Waals surface area contributed by atoms with Crippen molar-refractivity contribution in [2.75, 3.05) is 13.1 Å². The fourth-order valence-corrected chi connectivity index (χ4v) is 3.10. The monoisotopic (exact) mass is 377 g/mol. The Hall–Kier alpha value is -2.77. The van der Waals surface area contributed by atoms with Crippen LogP contribution in [-0.2, 0) is 16.0 Å². The van der Waals surface area contributed by atoms with Crippen LogP contribution in [0.1, 0.15) is 32.1 Å². The first-order valence-electron chi connectivity index (χ1n) is 8.87. The maximum Gasteiger partial charge on any atom is 0.220 e. The van der Waals surface area contributed by atoms with E-state index in [-0.39, 0.29) is 42.0 Å². The molecule has 0 atom stereocenters. The van der Waals surface area contributed by atoms with E-state index >= 15 is 0 Å². The highest BCUT2D eigenvalue weighted by molar-refractivity contribution is 5.76. The number of hydrogen-bond acceptors (Lipinski definition) is 4. The largest absolute Gasteiger partial charge is 0.441 e. The number of carbonyl (C=O) groups is 2. The number of aromatic nitrogens is 1. The molecular formula is C19H21F2N3O3. The maximum atomic E-state index is 13.8. The molecule has 27 heavy (non-hydrogen) atoms. The van der Waals surface area contributed by atoms with Gasteiger partial charge >= 0.3 is 0 Å². The van der Waals surface area contributed by atoms with Gasteiger partial charge in [-0.25, -0.2) is 13.8 Å². The van der Waals surface area contributed by atoms with Gasteiger partial charge in [0.15, 0.2) is 11.7 Å². The Balaban J connectivity index is 1.48. The third kappa shape index (κ3) is 4.90. The summed E-state index contributed by atoms with van der Waals surface area (Å²) in [4.78, 5) is 29.2. The SMILES string of the molecule is CC(=O)N1CCC(NC(=O)CCc2ncc(-c3ccc(F)cc3F)o2)CC1. The van der Waals surface area contributed by atoms with Crippen molar-refractivity contribution in [3.8, 4) is 11.3 Å². The van der Waals surface area contributed by atoms with Crippen LogP contribution in [0, 0.1) is 11.6 Å². The van der Waals surface area contributed by atoms with E-state index in [0.29, 0.717) is 19.0 Å². The van der Waals surface area contributed by atoms with Crippen LogP contribution >= 0.6 is 0 Å². The summed E-state index contributed by atoms with van der Waals surface area (Å²) in [6, 6.07) is 3.27. The summed E-state index contributed by atoms with van der Waals surface area (Å²) in [5, 5.41) is 2.95. The number of likely N-dealkylation sites (tertiary alicyclic amines) is 1. The lowest BCUT2D eigenvalue weighted by Gasteiger charge is -2.31. The van der Waals surface area contributed by atoms with E-state index in [9.17, 15) is 18.4 Å². The van der Waals surface area contributed by atoms with Crippen molar-refractivity contribution in [2.24, 2.45) is 0 Å². The van der Waals surface area contributed by atoms with Gasteiger partial charge in [0, 0.05) is 45.0 Å². The molecule has 0 bridgehead atoms. The molecule has 1 aromatic heterocycles. The molecule has 8 heteroatoms. The lowest BCUT2D eigenvalue weighted by molar-refractivity contribution is -0.130. The minimum absolute atomic E-state index is 0.0528. The van der Waals surface area contributed by atoms with Crippen LogP contribution in [0.3, 0.4) is 0 Å². The van der Waals surface area contributed by atoms with Crippen molar-refractivity contribution >= 4 is 11.8 Å². The van der Waals surface area contributed by atoms with Gasteiger partial charge in [-0.1, -0.05) is 0 Å². The van der Waals surface area contributed by atoms with Gasteiger partial charge in [0.2, 0.25) is 11.8 Å². The molecule has 0 unspecified atom stereocenters. The van der Waals surface area contributed by atoms with Gasteiger partial charge in [0.05, 0.1) is 11.8 Å². The van der Waals surface area contributed by atoms with Gasteiger partial charge in [-0.15, -0.1) is 0 Å². The standard InChI is InChI=1S/C19H21F2N3O3/c1-12(25)24-8-6-14(7-9-24)23-18(26)4-5-19-22-11-17(27-19)15-3-2-13(20)10-16(15)21/h2-3,10-11,14H,4-9H2,1H3,(H,23,26). The van der Waals surface area contributed by atoms with E-state index in [1.807, 2.05) is 0 Å². The van der Waals surface area contributed by atoms with Crippen LogP contribution in [0.2, 0.25) is 0 Å². The third-order valence-corrected chi connectivity index (χ3v) is 4.62. The second kappa shape index (κ2) is 8.28. The molecular weight excluding hydrogens is 356 g/mol. The Morgan fingerprint density at radius 1 is 1.30 bits per heavy atom. The molecule has 1 aromatic carbocycles. The lowest BCUT2D eigenvalue weighted by atomic mass is 10.0. The van der Waals surface area contributed by atoms with Crippen molar-refractivity contribution in [1.82, 2.24) is 15.2 Å². The summed E-state index contributed by atoms with van der Waals surface area (Å²) in [5.74, 6) is -0.954. The normalized spacial score (nSPS) is 15.0. The quantitative estimate of drug-likeness (QED) is 0.869. The fraction of sp³-hybridized carbons (Fsp3) is 0.421. The number of halogens is 2. The van der Waals surface area contributed by atoms with Gasteiger partial charge in [-0.2, -0.15) is 0 Å². The number of amides is 2. The summed E-state index contributed by atoms with van der Waals surface area (Å²) in [5.41, 5.74) is 0.122. The Morgan fingerprint density at radius 3 is 2.70 bits per heavy atom. The van der Waals surface area contributed by atoms with Gasteiger partial charge in [0.1, 0.15) is 11.6 Å². The summed E-state index contributed by atoms with van der Waals surface area (Å²) in [6.07, 6.45) is 3.30. The zero-order chi connectivity index (χ0) is 19.4. The van der Waals surface area contributed by atoms with Crippen LogP contribution in [0.4, 0.5) is 8.78 Å². The molecule has 0 spiro atoms. The first-order chi connectivity index (χ1) is 12.9. The minimum Gasteiger partial charge on any atom is -0.441 e. The molecule has 2 aromatic rings. The lowest BCUT2D eigenvalue weighted by Crippen LogP contribution is -2.46. The number of piperidine rings is 1. The number of nitrogens with one attached hydrogen (secondary N) is 1. The number of carbonyl (C=O) groups excluding carboxylic acids is 2. The van der Waals surface area contributed by atoms with E-state index in [2.05, 4.69) is 10.3 Å². The molecule has 1 aliphatic rings. The van der Waals surface area contributed by atoms with Gasteiger partial charge in [-0.05, 0) is 25.0 Å². The Labute approximate surface area is 155 Å². The Bertz CT molecular complexity index is 829. The van der Waals surface area contributed by atoms with E-state index < -0.39 is 11.6 Å². The van der Waals surface area contributed by atoms with Crippen LogP contribution in [0.5, 0.6) is 0 Å². The number of oxazole rings is 1. The predicted octanol–water partition coefficient (Wildman–Crippen LogP) is 2.68. The van der Waals surface area contributed by atoms with Crippen molar-refractivity contribution < 1.29 is 22.8 Å². The van der Waals surface area contributed by atoms with Crippen LogP contribution < -0.4 is 5.32 Å². The topological polar surface area (TPSA) is 75.4 Å². The molecule has 144 valence electrons. The molecule has 0 radical (unpaired) electrons. The number of nitrogens with zero attached hydrogens (tertiary/aromatic N) is 2. The highest BCUT2D eigenvalue weighted by Gasteiger charge is 2.22. The van der Waals surface area contributed by atoms with E-state index in [1.54, 1.807) is 11.8 Å². The van der Waals surface area contributed by atoms with Gasteiger partial charge < -0.3 is 14.6 Å². The smallest absolute Gasteiger partial charge is 0.220 e. The Morgan fingerprint density at radius 2 is 2.04 bits per heavy atom. The summed E-state index contributed by atoms with van der Waals surface area (Å²) in [7, 11) is 0. The first-order valence-corrected chi connectivity index (χ1v) is 8.87. The maximum absolute atomic E-state index is 13.8. The van der Waals surface area contributed by atoms with Gasteiger partial charge in [0.25, 0.3) is 0 Å². The molecule has 0 saturated carbocycles. The molecule has 2 heterocycles. The molecule has 1 saturated heterocycles. The highest BCUT2D eigenvalue weighted by atomic mass is 19.1. The van der Waals surface area contributed by atoms with Crippen LogP contribution in [0.25, 0.3) is 11.3 Å². The van der Waals surface area contributed by atoms with Crippen LogP contribution in [0.15, 0.2) is 28.8 Å². The number of benzene rings is 1. The summed E-state index contributed by atoms with van der Waals surface area (Å²) >= 11 is 0. The molecule has 6 nitrogen and oxygen atoms in total. The molecule has 1 aliphatic heterocycles. The Kier molecular flexibility index (Phi) is 5.83. The third-order valence-electron chi connectivity index (χ3n) is 4.62. The average Bonchev–Trinajstić information content (AvgIpc) is 3.09. The number of hydrogen-bond donors (Lipinski definition) is 1. The molecule has 1 N–H and O–H groups in total. The van der Waals surface area contributed by atoms with E-state index in [4.69, 9.17) is 4.42 Å².